The Hall–Kier alpha value is -4.48. The van der Waals surface area contributed by atoms with Crippen LogP contribution in [0.4, 0.5) is 5.69 Å². The summed E-state index contributed by atoms with van der Waals surface area (Å²) in [4.78, 5) is 6.35. The van der Waals surface area contributed by atoms with Crippen molar-refractivity contribution in [3.8, 4) is 11.1 Å². The molecule has 0 radical (unpaired) electrons. The summed E-state index contributed by atoms with van der Waals surface area (Å²) >= 11 is 0. The molecule has 0 saturated carbocycles. The van der Waals surface area contributed by atoms with E-state index in [1.807, 2.05) is 60.7 Å². The standard InChI is InChI=1S/C34H25N3OS/c1-34(2)27-16-8-6-14-23(27)25-20-26-24-15-7-10-18-30(24)37(31(26)21-28(25)34)33-35-29-17-9-11-19-32(29)39(38,36-33)22-12-4-3-5-13-22/h3-21H,1-2H3. The first-order valence-corrected chi connectivity index (χ1v) is 14.7. The van der Waals surface area contributed by atoms with E-state index in [1.165, 1.54) is 22.3 Å². The van der Waals surface area contributed by atoms with Gasteiger partial charge in [-0.25, -0.2) is 9.20 Å². The van der Waals surface area contributed by atoms with Crippen LogP contribution in [-0.2, 0) is 15.1 Å². The maximum Gasteiger partial charge on any atom is 0.244 e. The lowest BCUT2D eigenvalue weighted by molar-refractivity contribution is 0.661. The van der Waals surface area contributed by atoms with Gasteiger partial charge in [0.05, 0.1) is 26.5 Å². The van der Waals surface area contributed by atoms with E-state index in [9.17, 15) is 4.21 Å². The van der Waals surface area contributed by atoms with Gasteiger partial charge in [-0.05, 0) is 64.7 Å². The number of rotatable bonds is 1. The van der Waals surface area contributed by atoms with E-state index < -0.39 is 9.73 Å². The van der Waals surface area contributed by atoms with Crippen LogP contribution in [0.1, 0.15) is 25.0 Å². The molecule has 1 aliphatic carbocycles. The first-order chi connectivity index (χ1) is 19.0. The normalized spacial score (nSPS) is 18.8. The van der Waals surface area contributed by atoms with Crippen LogP contribution in [0.5, 0.6) is 0 Å². The third-order valence-electron chi connectivity index (χ3n) is 8.23. The molecule has 1 unspecified atom stereocenters. The predicted molar refractivity (Wildman–Crippen MR) is 159 cm³/mol. The topological polar surface area (TPSA) is 46.7 Å². The summed E-state index contributed by atoms with van der Waals surface area (Å²) in [6.45, 7) is 4.58. The molecule has 0 bridgehead atoms. The van der Waals surface area contributed by atoms with Gasteiger partial charge in [0.2, 0.25) is 5.96 Å². The maximum atomic E-state index is 14.8. The van der Waals surface area contributed by atoms with Crippen LogP contribution >= 0.6 is 0 Å². The predicted octanol–water partition coefficient (Wildman–Crippen LogP) is 8.54. The number of benzene rings is 5. The van der Waals surface area contributed by atoms with Crippen molar-refractivity contribution in [1.82, 2.24) is 4.57 Å². The first-order valence-electron chi connectivity index (χ1n) is 13.1. The molecule has 6 aromatic rings. The molecular weight excluding hydrogens is 498 g/mol. The summed E-state index contributed by atoms with van der Waals surface area (Å²) in [5.74, 6) is 0.446. The molecule has 0 saturated heterocycles. The van der Waals surface area contributed by atoms with Gasteiger partial charge in [0.25, 0.3) is 0 Å². The van der Waals surface area contributed by atoms with Crippen molar-refractivity contribution < 1.29 is 4.21 Å². The van der Waals surface area contributed by atoms with Crippen molar-refractivity contribution >= 4 is 43.2 Å². The highest BCUT2D eigenvalue weighted by Crippen LogP contribution is 2.50. The maximum absolute atomic E-state index is 14.8. The molecule has 39 heavy (non-hydrogen) atoms. The van der Waals surface area contributed by atoms with Gasteiger partial charge in [0, 0.05) is 16.2 Å². The lowest BCUT2D eigenvalue weighted by Crippen LogP contribution is -2.18. The highest BCUT2D eigenvalue weighted by Gasteiger charge is 2.36. The molecule has 0 N–H and O–H groups in total. The summed E-state index contributed by atoms with van der Waals surface area (Å²) in [5.41, 5.74) is 7.74. The summed E-state index contributed by atoms with van der Waals surface area (Å²) in [6.07, 6.45) is 0. The molecule has 5 heteroatoms. The number of aromatic nitrogens is 1. The van der Waals surface area contributed by atoms with Gasteiger partial charge < -0.3 is 0 Å². The average molecular weight is 524 g/mol. The van der Waals surface area contributed by atoms with Crippen LogP contribution in [0.2, 0.25) is 0 Å². The monoisotopic (exact) mass is 523 g/mol. The van der Waals surface area contributed by atoms with Gasteiger partial charge >= 0.3 is 0 Å². The van der Waals surface area contributed by atoms with E-state index >= 15 is 0 Å². The molecule has 1 atom stereocenters. The van der Waals surface area contributed by atoms with Crippen LogP contribution in [0.15, 0.2) is 134 Å². The Kier molecular flexibility index (Phi) is 4.49. The number of nitrogens with zero attached hydrogens (tertiary/aromatic N) is 3. The largest absolute Gasteiger partial charge is 0.277 e. The molecule has 8 rings (SSSR count). The van der Waals surface area contributed by atoms with Gasteiger partial charge in [0.15, 0.2) is 0 Å². The fourth-order valence-electron chi connectivity index (χ4n) is 6.33. The SMILES string of the molecule is CC1(C)c2ccccc2-c2cc3c4ccccc4n(C4=Nc5ccccc5S(=O)(c5ccccc5)=N4)c3cc21. The first kappa shape index (κ1) is 22.5. The molecule has 0 fully saturated rings. The summed E-state index contributed by atoms with van der Waals surface area (Å²) in [5, 5.41) is 2.26. The minimum atomic E-state index is -2.95. The number of hydrogen-bond acceptors (Lipinski definition) is 3. The quantitative estimate of drug-likeness (QED) is 0.213. The van der Waals surface area contributed by atoms with Gasteiger partial charge in [-0.3, -0.25) is 4.57 Å². The second-order valence-corrected chi connectivity index (χ2v) is 12.9. The lowest BCUT2D eigenvalue weighted by atomic mass is 9.82. The molecule has 2 aliphatic rings. The van der Waals surface area contributed by atoms with E-state index in [1.54, 1.807) is 0 Å². The van der Waals surface area contributed by atoms with E-state index in [2.05, 4.69) is 73.0 Å². The minimum absolute atomic E-state index is 0.142. The van der Waals surface area contributed by atoms with Crippen molar-refractivity contribution in [1.29, 1.82) is 0 Å². The molecule has 188 valence electrons. The Morgan fingerprint density at radius 3 is 2.26 bits per heavy atom. The molecule has 0 spiro atoms. The van der Waals surface area contributed by atoms with Crippen molar-refractivity contribution in [3.63, 3.8) is 0 Å². The van der Waals surface area contributed by atoms with E-state index in [-0.39, 0.29) is 5.41 Å². The Bertz CT molecular complexity index is 2140. The van der Waals surface area contributed by atoms with Gasteiger partial charge in [-0.15, -0.1) is 0 Å². The van der Waals surface area contributed by atoms with Crippen molar-refractivity contribution in [2.75, 3.05) is 0 Å². The van der Waals surface area contributed by atoms with Crippen molar-refractivity contribution in [2.24, 2.45) is 9.36 Å². The van der Waals surface area contributed by atoms with Crippen LogP contribution in [0.3, 0.4) is 0 Å². The number of hydrogen-bond donors (Lipinski definition) is 0. The van der Waals surface area contributed by atoms with Crippen LogP contribution in [-0.4, -0.2) is 14.7 Å². The van der Waals surface area contributed by atoms with Gasteiger partial charge in [0.1, 0.15) is 9.73 Å². The van der Waals surface area contributed by atoms with Crippen LogP contribution in [0.25, 0.3) is 32.9 Å². The summed E-state index contributed by atoms with van der Waals surface area (Å²) < 4.78 is 21.9. The second kappa shape index (κ2) is 7.78. The number of para-hydroxylation sites is 2. The Morgan fingerprint density at radius 2 is 1.38 bits per heavy atom. The summed E-state index contributed by atoms with van der Waals surface area (Å²) in [6, 6.07) is 38.9. The fourth-order valence-corrected chi connectivity index (χ4v) is 8.33. The van der Waals surface area contributed by atoms with Gasteiger partial charge in [-0.2, -0.15) is 4.36 Å². The molecule has 0 amide bonds. The van der Waals surface area contributed by atoms with E-state index in [0.29, 0.717) is 21.4 Å². The van der Waals surface area contributed by atoms with Crippen molar-refractivity contribution in [2.45, 2.75) is 29.1 Å². The minimum Gasteiger partial charge on any atom is -0.277 e. The zero-order valence-electron chi connectivity index (χ0n) is 21.6. The van der Waals surface area contributed by atoms with Crippen LogP contribution < -0.4 is 0 Å². The third kappa shape index (κ3) is 2.99. The number of aliphatic imine (C=N–C) groups is 1. The fraction of sp³-hybridized carbons (Fsp3) is 0.0882. The van der Waals surface area contributed by atoms with Crippen LogP contribution in [0, 0.1) is 0 Å². The number of fused-ring (bicyclic) bond motifs is 7. The summed E-state index contributed by atoms with van der Waals surface area (Å²) in [7, 11) is -2.95. The smallest absolute Gasteiger partial charge is 0.244 e. The van der Waals surface area contributed by atoms with E-state index in [0.717, 1.165) is 21.8 Å². The Morgan fingerprint density at radius 1 is 0.667 bits per heavy atom. The van der Waals surface area contributed by atoms with Gasteiger partial charge in [-0.1, -0.05) is 86.6 Å². The zero-order chi connectivity index (χ0) is 26.4. The molecule has 5 aromatic carbocycles. The third-order valence-corrected chi connectivity index (χ3v) is 10.5. The van der Waals surface area contributed by atoms with Crippen molar-refractivity contribution in [3.05, 3.63) is 126 Å². The molecule has 1 aromatic heterocycles. The Labute approximate surface area is 227 Å². The highest BCUT2D eigenvalue weighted by atomic mass is 32.2. The van der Waals surface area contributed by atoms with E-state index in [4.69, 9.17) is 9.36 Å². The molecule has 1 aliphatic heterocycles. The second-order valence-electron chi connectivity index (χ2n) is 10.7. The molecule has 2 heterocycles. The highest BCUT2D eigenvalue weighted by molar-refractivity contribution is 7.94. The molecule has 4 nitrogen and oxygen atoms in total. The Balaban J connectivity index is 1.49. The molecular formula is C34H25N3OS. The lowest BCUT2D eigenvalue weighted by Gasteiger charge is -2.22. The average Bonchev–Trinajstić information content (AvgIpc) is 3.41. The zero-order valence-corrected chi connectivity index (χ0v) is 22.4.